The predicted molar refractivity (Wildman–Crippen MR) is 146 cm³/mol. The van der Waals surface area contributed by atoms with E-state index in [0.717, 1.165) is 60.0 Å². The second-order valence-electron chi connectivity index (χ2n) is 10.0. The molecule has 1 saturated carbocycles. The van der Waals surface area contributed by atoms with Crippen molar-refractivity contribution in [1.82, 2.24) is 10.2 Å². The number of hydrogen-bond donors (Lipinski definition) is 1. The van der Waals surface area contributed by atoms with Gasteiger partial charge in [0.1, 0.15) is 11.8 Å². The lowest BCUT2D eigenvalue weighted by atomic mass is 10.1. The Morgan fingerprint density at radius 3 is 2.33 bits per heavy atom. The molecule has 2 aromatic rings. The fourth-order valence-electron chi connectivity index (χ4n) is 4.74. The first-order valence-corrected chi connectivity index (χ1v) is 15.0. The van der Waals surface area contributed by atoms with Crippen LogP contribution >= 0.6 is 0 Å². The zero-order chi connectivity index (χ0) is 29.5. The summed E-state index contributed by atoms with van der Waals surface area (Å²) >= 11 is 0. The van der Waals surface area contributed by atoms with E-state index in [9.17, 15) is 31.2 Å². The van der Waals surface area contributed by atoms with E-state index >= 15 is 0 Å². The second-order valence-corrected chi connectivity index (χ2v) is 11.9. The molecule has 0 aliphatic heterocycles. The summed E-state index contributed by atoms with van der Waals surface area (Å²) in [5.41, 5.74) is -0.331. The molecule has 0 bridgehead atoms. The number of carbonyl (C=O) groups excluding carboxylic acids is 2. The highest BCUT2D eigenvalue weighted by atomic mass is 32.2. The van der Waals surface area contributed by atoms with Crippen LogP contribution in [-0.2, 0) is 32.3 Å². The number of amides is 2. The maximum absolute atomic E-state index is 13.4. The zero-order valence-corrected chi connectivity index (χ0v) is 23.7. The van der Waals surface area contributed by atoms with Crippen LogP contribution in [0.3, 0.4) is 0 Å². The molecule has 1 aliphatic carbocycles. The molecule has 0 aromatic heterocycles. The molecule has 1 N–H and O–H groups in total. The number of methoxy groups -OCH3 is 1. The molecule has 2 aromatic carbocycles. The van der Waals surface area contributed by atoms with E-state index in [0.29, 0.717) is 5.75 Å². The summed E-state index contributed by atoms with van der Waals surface area (Å²) < 4.78 is 70.6. The van der Waals surface area contributed by atoms with E-state index in [1.807, 2.05) is 0 Å². The molecular weight excluding hydrogens is 547 g/mol. The molecule has 0 radical (unpaired) electrons. The minimum absolute atomic E-state index is 0.0399. The van der Waals surface area contributed by atoms with Crippen LogP contribution in [0.1, 0.15) is 56.6 Å². The third-order valence-corrected chi connectivity index (χ3v) is 8.19. The van der Waals surface area contributed by atoms with Crippen molar-refractivity contribution in [2.45, 2.75) is 70.3 Å². The van der Waals surface area contributed by atoms with Gasteiger partial charge in [-0.05, 0) is 62.1 Å². The number of alkyl halides is 3. The number of ether oxygens (including phenoxy) is 1. The van der Waals surface area contributed by atoms with Gasteiger partial charge in [-0.15, -0.1) is 0 Å². The zero-order valence-electron chi connectivity index (χ0n) is 22.9. The number of nitrogens with one attached hydrogen (secondary N) is 1. The summed E-state index contributed by atoms with van der Waals surface area (Å²) in [4.78, 5) is 27.9. The van der Waals surface area contributed by atoms with Crippen molar-refractivity contribution in [3.05, 3.63) is 59.7 Å². The molecule has 40 heavy (non-hydrogen) atoms. The Labute approximate surface area is 233 Å². The minimum atomic E-state index is -4.63. The third-order valence-electron chi connectivity index (χ3n) is 6.99. The van der Waals surface area contributed by atoms with Gasteiger partial charge in [-0.25, -0.2) is 8.42 Å². The van der Waals surface area contributed by atoms with E-state index in [-0.39, 0.29) is 49.5 Å². The quantitative estimate of drug-likeness (QED) is 0.390. The van der Waals surface area contributed by atoms with Gasteiger partial charge in [-0.3, -0.25) is 13.9 Å². The van der Waals surface area contributed by atoms with Crippen molar-refractivity contribution < 1.29 is 35.9 Å². The fraction of sp³-hybridized carbons (Fsp3) is 0.500. The Morgan fingerprint density at radius 2 is 1.75 bits per heavy atom. The molecule has 0 spiro atoms. The van der Waals surface area contributed by atoms with Crippen LogP contribution in [0, 0.1) is 0 Å². The van der Waals surface area contributed by atoms with Crippen molar-refractivity contribution in [3.8, 4) is 5.75 Å². The Bertz CT molecular complexity index is 1260. The normalized spacial score (nSPS) is 14.9. The van der Waals surface area contributed by atoms with Crippen LogP contribution in [0.2, 0.25) is 0 Å². The van der Waals surface area contributed by atoms with Gasteiger partial charge in [0.05, 0.1) is 24.6 Å². The molecular formula is C28H36F3N3O5S. The van der Waals surface area contributed by atoms with Crippen LogP contribution in [0.5, 0.6) is 5.75 Å². The molecule has 0 heterocycles. The van der Waals surface area contributed by atoms with Gasteiger partial charge < -0.3 is 15.0 Å². The lowest BCUT2D eigenvalue weighted by Crippen LogP contribution is -2.49. The van der Waals surface area contributed by atoms with Gasteiger partial charge in [0.2, 0.25) is 21.8 Å². The topological polar surface area (TPSA) is 96.0 Å². The molecule has 1 unspecified atom stereocenters. The van der Waals surface area contributed by atoms with Gasteiger partial charge in [-0.1, -0.05) is 31.0 Å². The summed E-state index contributed by atoms with van der Waals surface area (Å²) in [7, 11) is -2.39. The maximum Gasteiger partial charge on any atom is 0.416 e. The van der Waals surface area contributed by atoms with E-state index < -0.39 is 27.8 Å². The first-order chi connectivity index (χ1) is 18.8. The third kappa shape index (κ3) is 8.61. The van der Waals surface area contributed by atoms with Crippen molar-refractivity contribution >= 4 is 27.5 Å². The maximum atomic E-state index is 13.4. The Kier molecular flexibility index (Phi) is 10.5. The largest absolute Gasteiger partial charge is 0.497 e. The van der Waals surface area contributed by atoms with Gasteiger partial charge in [0.25, 0.3) is 0 Å². The summed E-state index contributed by atoms with van der Waals surface area (Å²) in [5, 5.41) is 3.02. The molecule has 2 amide bonds. The van der Waals surface area contributed by atoms with Crippen LogP contribution in [0.4, 0.5) is 18.9 Å². The Hall–Kier alpha value is -3.28. The van der Waals surface area contributed by atoms with Crippen molar-refractivity contribution in [2.24, 2.45) is 0 Å². The summed E-state index contributed by atoms with van der Waals surface area (Å²) in [6.45, 7) is 1.59. The van der Waals surface area contributed by atoms with Crippen molar-refractivity contribution in [2.75, 3.05) is 24.2 Å². The SMILES string of the molecule is COc1ccc(CN(C(=O)CCCN(c2cccc(C(F)(F)F)c2)S(C)(=O)=O)C(C)C(=O)NC2CCCC2)cc1. The number of sulfonamides is 1. The van der Waals surface area contributed by atoms with Crippen LogP contribution in [0.15, 0.2) is 48.5 Å². The van der Waals surface area contributed by atoms with E-state index in [1.54, 1.807) is 38.3 Å². The van der Waals surface area contributed by atoms with Crippen LogP contribution < -0.4 is 14.4 Å². The first kappa shape index (κ1) is 31.3. The summed E-state index contributed by atoms with van der Waals surface area (Å²) in [6, 6.07) is 10.4. The second kappa shape index (κ2) is 13.4. The van der Waals surface area contributed by atoms with Gasteiger partial charge >= 0.3 is 6.18 Å². The average Bonchev–Trinajstić information content (AvgIpc) is 3.41. The molecule has 1 fully saturated rings. The fourth-order valence-corrected chi connectivity index (χ4v) is 5.70. The number of carbonyl (C=O) groups is 2. The minimum Gasteiger partial charge on any atom is -0.497 e. The van der Waals surface area contributed by atoms with E-state index in [4.69, 9.17) is 4.74 Å². The van der Waals surface area contributed by atoms with Gasteiger partial charge in [0, 0.05) is 25.6 Å². The Balaban J connectivity index is 1.75. The van der Waals surface area contributed by atoms with Gasteiger partial charge in [0.15, 0.2) is 0 Å². The molecule has 0 saturated heterocycles. The molecule has 220 valence electrons. The smallest absolute Gasteiger partial charge is 0.416 e. The number of halogens is 3. The highest BCUT2D eigenvalue weighted by molar-refractivity contribution is 7.92. The molecule has 3 rings (SSSR count). The standard InChI is InChI=1S/C28H36F3N3O5S/c1-20(27(36)32-23-9-4-5-10-23)33(19-21-13-15-25(39-2)16-14-21)26(35)12-7-17-34(40(3,37)38)24-11-6-8-22(18-24)28(29,30)31/h6,8,11,13-16,18,20,23H,4-5,7,9-10,12,17,19H2,1-3H3,(H,32,36). The monoisotopic (exact) mass is 583 g/mol. The Morgan fingerprint density at radius 1 is 1.10 bits per heavy atom. The summed E-state index contributed by atoms with van der Waals surface area (Å²) in [6.07, 6.45) is 0.0593. The first-order valence-electron chi connectivity index (χ1n) is 13.2. The van der Waals surface area contributed by atoms with Crippen molar-refractivity contribution in [3.63, 3.8) is 0 Å². The number of hydrogen-bond acceptors (Lipinski definition) is 5. The molecule has 1 aliphatic rings. The number of nitrogens with zero attached hydrogens (tertiary/aromatic N) is 2. The highest BCUT2D eigenvalue weighted by Gasteiger charge is 2.32. The number of benzene rings is 2. The number of rotatable bonds is 12. The average molecular weight is 584 g/mol. The van der Waals surface area contributed by atoms with Crippen LogP contribution in [0.25, 0.3) is 0 Å². The predicted octanol–water partition coefficient (Wildman–Crippen LogP) is 4.74. The van der Waals surface area contributed by atoms with E-state index in [1.165, 1.54) is 11.0 Å². The molecule has 8 nitrogen and oxygen atoms in total. The number of anilines is 1. The lowest BCUT2D eigenvalue weighted by molar-refractivity contribution is -0.141. The van der Waals surface area contributed by atoms with Gasteiger partial charge in [-0.2, -0.15) is 13.2 Å². The molecule has 12 heteroatoms. The highest BCUT2D eigenvalue weighted by Crippen LogP contribution is 2.32. The van der Waals surface area contributed by atoms with Crippen molar-refractivity contribution in [1.29, 1.82) is 0 Å². The molecule has 1 atom stereocenters. The van der Waals surface area contributed by atoms with E-state index in [2.05, 4.69) is 5.32 Å². The van der Waals surface area contributed by atoms with Crippen LogP contribution in [-0.4, -0.2) is 57.1 Å². The lowest BCUT2D eigenvalue weighted by Gasteiger charge is -2.30. The summed E-state index contributed by atoms with van der Waals surface area (Å²) in [5.74, 6) is 0.00184.